The predicted molar refractivity (Wildman–Crippen MR) is 128 cm³/mol. The van der Waals surface area contributed by atoms with E-state index in [1.807, 2.05) is 0 Å². The van der Waals surface area contributed by atoms with Crippen molar-refractivity contribution in [1.29, 1.82) is 0 Å². The van der Waals surface area contributed by atoms with Crippen LogP contribution in [0.2, 0.25) is 0 Å². The minimum atomic E-state index is -1.45. The lowest BCUT2D eigenvalue weighted by atomic mass is 9.90. The molecule has 0 bridgehead atoms. The van der Waals surface area contributed by atoms with Crippen LogP contribution in [0.25, 0.3) is 0 Å². The second kappa shape index (κ2) is 9.40. The zero-order chi connectivity index (χ0) is 26.2. The molecular weight excluding hydrogens is 469 g/mol. The number of hydrogen-bond acceptors (Lipinski definition) is 6. The van der Waals surface area contributed by atoms with E-state index >= 15 is 0 Å². The molecule has 0 spiro atoms. The van der Waals surface area contributed by atoms with Crippen LogP contribution in [0.3, 0.4) is 0 Å². The molecule has 36 heavy (non-hydrogen) atoms. The molecule has 10 nitrogen and oxygen atoms in total. The first-order chi connectivity index (χ1) is 17.0. The number of ketones is 1. The summed E-state index contributed by atoms with van der Waals surface area (Å²) in [4.78, 5) is 65.8. The number of Topliss-reactive ketones (excluding diaryl/α,β-unsaturated/α-hetero) is 1. The highest BCUT2D eigenvalue weighted by Gasteiger charge is 2.50. The van der Waals surface area contributed by atoms with Gasteiger partial charge in [-0.15, -0.1) is 0 Å². The standard InChI is InChI=1S/C25H26FN5O5/c1-15(32)16-6-7-20(19(26)13-16)29-8-10-30(11-9-29)21(33)14-31-23(35)25(2,28-24(31)36)18-5-3-4-17(12-18)22(27)34/h3-7,12-13H,8-11,14H2,1-2H3,(H2,27,34)(H,28,36). The van der Waals surface area contributed by atoms with E-state index in [0.29, 0.717) is 24.3 Å². The van der Waals surface area contributed by atoms with Crippen molar-refractivity contribution in [3.8, 4) is 0 Å². The minimum Gasteiger partial charge on any atom is -0.366 e. The summed E-state index contributed by atoms with van der Waals surface area (Å²) < 4.78 is 14.5. The molecule has 2 aliphatic heterocycles. The monoisotopic (exact) mass is 495 g/mol. The number of primary amides is 1. The number of hydrogen-bond donors (Lipinski definition) is 2. The van der Waals surface area contributed by atoms with E-state index in [1.54, 1.807) is 29.2 Å². The van der Waals surface area contributed by atoms with Gasteiger partial charge in [-0.25, -0.2) is 9.18 Å². The van der Waals surface area contributed by atoms with Gasteiger partial charge in [-0.1, -0.05) is 12.1 Å². The molecule has 3 N–H and O–H groups in total. The fourth-order valence-corrected chi connectivity index (χ4v) is 4.43. The van der Waals surface area contributed by atoms with Crippen LogP contribution < -0.4 is 16.0 Å². The maximum atomic E-state index is 14.5. The van der Waals surface area contributed by atoms with Crippen molar-refractivity contribution in [3.05, 3.63) is 65.0 Å². The Hall–Kier alpha value is -4.28. The smallest absolute Gasteiger partial charge is 0.325 e. The Bertz CT molecular complexity index is 1270. The number of piperazine rings is 1. The average molecular weight is 496 g/mol. The summed E-state index contributed by atoms with van der Waals surface area (Å²) in [7, 11) is 0. The van der Waals surface area contributed by atoms with Crippen molar-refractivity contribution < 1.29 is 28.4 Å². The second-order valence-electron chi connectivity index (χ2n) is 8.98. The van der Waals surface area contributed by atoms with Gasteiger partial charge >= 0.3 is 6.03 Å². The molecule has 2 aromatic rings. The van der Waals surface area contributed by atoms with Crippen LogP contribution >= 0.6 is 0 Å². The fourth-order valence-electron chi connectivity index (χ4n) is 4.43. The van der Waals surface area contributed by atoms with Gasteiger partial charge in [0.1, 0.15) is 17.9 Å². The van der Waals surface area contributed by atoms with Gasteiger partial charge in [-0.2, -0.15) is 0 Å². The number of halogens is 1. The normalized spacial score (nSPS) is 19.9. The summed E-state index contributed by atoms with van der Waals surface area (Å²) in [5.74, 6) is -2.44. The summed E-state index contributed by atoms with van der Waals surface area (Å²) in [6.07, 6.45) is 0. The molecule has 0 aliphatic carbocycles. The number of nitrogens with zero attached hydrogens (tertiary/aromatic N) is 3. The van der Waals surface area contributed by atoms with Gasteiger partial charge in [0.05, 0.1) is 5.69 Å². The Kier molecular flexibility index (Phi) is 6.49. The van der Waals surface area contributed by atoms with Crippen molar-refractivity contribution >= 4 is 35.2 Å². The highest BCUT2D eigenvalue weighted by Crippen LogP contribution is 2.29. The zero-order valence-corrected chi connectivity index (χ0v) is 19.9. The average Bonchev–Trinajstić information content (AvgIpc) is 3.07. The maximum absolute atomic E-state index is 14.5. The number of carbonyl (C=O) groups is 5. The number of imide groups is 1. The topological polar surface area (TPSA) is 133 Å². The molecule has 4 rings (SSSR count). The molecule has 0 aromatic heterocycles. The highest BCUT2D eigenvalue weighted by molar-refractivity contribution is 6.09. The molecule has 2 heterocycles. The third-order valence-corrected chi connectivity index (χ3v) is 6.62. The van der Waals surface area contributed by atoms with Crippen molar-refractivity contribution in [1.82, 2.24) is 15.1 Å². The molecule has 0 saturated carbocycles. The van der Waals surface area contributed by atoms with Crippen LogP contribution in [0.15, 0.2) is 42.5 Å². The molecule has 5 amide bonds. The number of benzene rings is 2. The van der Waals surface area contributed by atoms with E-state index in [4.69, 9.17) is 5.73 Å². The van der Waals surface area contributed by atoms with Gasteiger partial charge in [0.2, 0.25) is 11.8 Å². The van der Waals surface area contributed by atoms with Crippen LogP contribution in [0.5, 0.6) is 0 Å². The predicted octanol–water partition coefficient (Wildman–Crippen LogP) is 1.24. The summed E-state index contributed by atoms with van der Waals surface area (Å²) >= 11 is 0. The van der Waals surface area contributed by atoms with E-state index in [9.17, 15) is 28.4 Å². The maximum Gasteiger partial charge on any atom is 0.325 e. The number of anilines is 1. The number of nitrogens with two attached hydrogens (primary N) is 1. The second-order valence-corrected chi connectivity index (χ2v) is 8.98. The Morgan fingerprint density at radius 1 is 1.03 bits per heavy atom. The first-order valence-electron chi connectivity index (χ1n) is 11.4. The first kappa shape index (κ1) is 24.8. The van der Waals surface area contributed by atoms with Crippen molar-refractivity contribution in [3.63, 3.8) is 0 Å². The molecule has 2 saturated heterocycles. The van der Waals surface area contributed by atoms with Crippen LogP contribution in [-0.2, 0) is 15.1 Å². The van der Waals surface area contributed by atoms with Gasteiger partial charge < -0.3 is 20.9 Å². The molecule has 0 radical (unpaired) electrons. The number of amides is 5. The molecule has 11 heteroatoms. The van der Waals surface area contributed by atoms with Crippen LogP contribution in [-0.4, -0.2) is 72.1 Å². The number of rotatable bonds is 6. The fraction of sp³-hybridized carbons (Fsp3) is 0.320. The first-order valence-corrected chi connectivity index (χ1v) is 11.4. The number of nitrogens with one attached hydrogen (secondary N) is 1. The summed E-state index contributed by atoms with van der Waals surface area (Å²) in [5, 5.41) is 2.61. The minimum absolute atomic E-state index is 0.190. The van der Waals surface area contributed by atoms with Gasteiger partial charge in [0.15, 0.2) is 5.78 Å². The van der Waals surface area contributed by atoms with E-state index in [-0.39, 0.29) is 30.0 Å². The van der Waals surface area contributed by atoms with Crippen LogP contribution in [0.4, 0.5) is 14.9 Å². The Morgan fingerprint density at radius 3 is 2.33 bits per heavy atom. The van der Waals surface area contributed by atoms with Crippen molar-refractivity contribution in [2.24, 2.45) is 5.73 Å². The lowest BCUT2D eigenvalue weighted by Crippen LogP contribution is -2.52. The largest absolute Gasteiger partial charge is 0.366 e. The van der Waals surface area contributed by atoms with Gasteiger partial charge in [0, 0.05) is 37.3 Å². The van der Waals surface area contributed by atoms with E-state index in [0.717, 1.165) is 4.90 Å². The molecule has 188 valence electrons. The molecule has 1 unspecified atom stereocenters. The van der Waals surface area contributed by atoms with Crippen molar-refractivity contribution in [2.45, 2.75) is 19.4 Å². The number of urea groups is 1. The zero-order valence-electron chi connectivity index (χ0n) is 19.9. The molecule has 1 atom stereocenters. The SMILES string of the molecule is CC(=O)c1ccc(N2CCN(C(=O)CN3C(=O)NC(C)(c4cccc(C(N)=O)c4)C3=O)CC2)c(F)c1. The van der Waals surface area contributed by atoms with Crippen molar-refractivity contribution in [2.75, 3.05) is 37.6 Å². The Labute approximate surface area is 206 Å². The Morgan fingerprint density at radius 2 is 1.72 bits per heavy atom. The highest BCUT2D eigenvalue weighted by atomic mass is 19.1. The third kappa shape index (κ3) is 4.51. The Balaban J connectivity index is 1.40. The van der Waals surface area contributed by atoms with E-state index < -0.39 is 41.7 Å². The summed E-state index contributed by atoms with van der Waals surface area (Å²) in [5.41, 5.74) is 5.06. The van der Waals surface area contributed by atoms with Crippen LogP contribution in [0.1, 0.15) is 40.1 Å². The van der Waals surface area contributed by atoms with E-state index in [1.165, 1.54) is 36.9 Å². The van der Waals surface area contributed by atoms with Crippen LogP contribution in [0, 0.1) is 5.82 Å². The molecular formula is C25H26FN5O5. The quantitative estimate of drug-likeness (QED) is 0.458. The number of carbonyl (C=O) groups excluding carboxylic acids is 5. The van der Waals surface area contributed by atoms with E-state index in [2.05, 4.69) is 5.32 Å². The third-order valence-electron chi connectivity index (χ3n) is 6.62. The van der Waals surface area contributed by atoms with Gasteiger partial charge in [-0.05, 0) is 49.7 Å². The van der Waals surface area contributed by atoms with Gasteiger partial charge in [-0.3, -0.25) is 24.1 Å². The lowest BCUT2D eigenvalue weighted by Gasteiger charge is -2.36. The summed E-state index contributed by atoms with van der Waals surface area (Å²) in [6.45, 7) is 3.66. The van der Waals surface area contributed by atoms with Gasteiger partial charge in [0.25, 0.3) is 5.91 Å². The lowest BCUT2D eigenvalue weighted by molar-refractivity contribution is -0.139. The summed E-state index contributed by atoms with van der Waals surface area (Å²) in [6, 6.07) is 9.68. The molecule has 2 fully saturated rings. The molecule has 2 aliphatic rings. The molecule has 2 aromatic carbocycles.